The first kappa shape index (κ1) is 22.7. The van der Waals surface area contributed by atoms with Crippen molar-refractivity contribution in [2.75, 3.05) is 30.1 Å². The second kappa shape index (κ2) is 10.3. The molecular weight excluding hydrogens is 466 g/mol. The van der Waals surface area contributed by atoms with Gasteiger partial charge in [0.25, 0.3) is 0 Å². The van der Waals surface area contributed by atoms with Gasteiger partial charge in [-0.2, -0.15) is 4.98 Å². The highest BCUT2D eigenvalue weighted by Crippen LogP contribution is 2.23. The molecule has 0 aliphatic heterocycles. The van der Waals surface area contributed by atoms with Gasteiger partial charge in [0.15, 0.2) is 0 Å². The molecule has 1 fully saturated rings. The van der Waals surface area contributed by atoms with E-state index in [1.54, 1.807) is 12.1 Å². The number of halogens is 1. The molecule has 3 rings (SSSR count). The van der Waals surface area contributed by atoms with Crippen molar-refractivity contribution >= 4 is 44.4 Å². The Morgan fingerprint density at radius 1 is 1.23 bits per heavy atom. The minimum Gasteiger partial charge on any atom is -0.362 e. The van der Waals surface area contributed by atoms with E-state index < -0.39 is 10.8 Å². The Balaban J connectivity index is 1.46. The zero-order valence-electron chi connectivity index (χ0n) is 17.5. The first-order chi connectivity index (χ1) is 14.3. The Hall–Kier alpha value is -2.00. The van der Waals surface area contributed by atoms with Crippen molar-refractivity contribution in [3.63, 3.8) is 0 Å². The van der Waals surface area contributed by atoms with Gasteiger partial charge in [-0.15, -0.1) is 0 Å². The lowest BCUT2D eigenvalue weighted by atomic mass is 9.91. The van der Waals surface area contributed by atoms with Crippen molar-refractivity contribution in [1.29, 1.82) is 0 Å². The molecule has 1 unspecified atom stereocenters. The third-order valence-electron chi connectivity index (χ3n) is 5.12. The Bertz CT molecular complexity index is 916. The summed E-state index contributed by atoms with van der Waals surface area (Å²) in [5, 5.41) is 6.46. The van der Waals surface area contributed by atoms with E-state index in [4.69, 9.17) is 0 Å². The number of benzene rings is 1. The van der Waals surface area contributed by atoms with Gasteiger partial charge in [0.05, 0.1) is 10.8 Å². The van der Waals surface area contributed by atoms with Gasteiger partial charge in [-0.25, -0.2) is 4.98 Å². The highest BCUT2D eigenvalue weighted by atomic mass is 79.9. The van der Waals surface area contributed by atoms with Gasteiger partial charge in [0.2, 0.25) is 11.9 Å². The summed E-state index contributed by atoms with van der Waals surface area (Å²) in [5.41, 5.74) is 1.04. The maximum Gasteiger partial charge on any atom is 0.233 e. The zero-order valence-corrected chi connectivity index (χ0v) is 19.9. The predicted octanol–water partition coefficient (Wildman–Crippen LogP) is 3.26. The number of aromatic nitrogens is 2. The van der Waals surface area contributed by atoms with E-state index in [0.717, 1.165) is 41.5 Å². The minimum absolute atomic E-state index is 0.0147. The summed E-state index contributed by atoms with van der Waals surface area (Å²) in [5.74, 6) is 1.37. The molecule has 0 bridgehead atoms. The van der Waals surface area contributed by atoms with Gasteiger partial charge in [0.1, 0.15) is 11.6 Å². The summed E-state index contributed by atoms with van der Waals surface area (Å²) >= 11 is 3.37. The van der Waals surface area contributed by atoms with Crippen LogP contribution in [0.2, 0.25) is 0 Å². The minimum atomic E-state index is -1.34. The van der Waals surface area contributed by atoms with E-state index in [1.807, 2.05) is 44.2 Å². The predicted molar refractivity (Wildman–Crippen MR) is 124 cm³/mol. The largest absolute Gasteiger partial charge is 0.362 e. The lowest BCUT2D eigenvalue weighted by Crippen LogP contribution is -2.42. The maximum absolute atomic E-state index is 12.4. The Morgan fingerprint density at radius 2 is 1.93 bits per heavy atom. The summed E-state index contributed by atoms with van der Waals surface area (Å²) < 4.78 is 13.3. The molecule has 1 amide bonds. The summed E-state index contributed by atoms with van der Waals surface area (Å²) in [6.07, 6.45) is 5.43. The van der Waals surface area contributed by atoms with E-state index in [2.05, 4.69) is 36.5 Å². The summed E-state index contributed by atoms with van der Waals surface area (Å²) in [6.45, 7) is 2.00. The zero-order chi connectivity index (χ0) is 21.7. The second-order valence-electron chi connectivity index (χ2n) is 7.80. The Morgan fingerprint density at radius 3 is 2.60 bits per heavy atom. The Labute approximate surface area is 188 Å². The average molecular weight is 494 g/mol. The number of rotatable bonds is 7. The van der Waals surface area contributed by atoms with E-state index in [0.29, 0.717) is 10.8 Å². The van der Waals surface area contributed by atoms with Crippen LogP contribution in [0, 0.1) is 6.92 Å². The first-order valence-electron chi connectivity index (χ1n) is 10.0. The van der Waals surface area contributed by atoms with Crippen LogP contribution in [0.5, 0.6) is 0 Å². The number of nitrogens with zero attached hydrogens (tertiary/aromatic N) is 3. The van der Waals surface area contributed by atoms with Crippen molar-refractivity contribution in [2.24, 2.45) is 0 Å². The quantitative estimate of drug-likeness (QED) is 0.615. The SMILES string of the molecule is Cc1cnc(NC2CCC(NC(=O)CS(=O)c3cccc(Br)c3)CC2)nc1N(C)C. The van der Waals surface area contributed by atoms with Gasteiger partial charge in [-0.3, -0.25) is 9.00 Å². The monoisotopic (exact) mass is 493 g/mol. The molecule has 0 saturated heterocycles. The summed E-state index contributed by atoms with van der Waals surface area (Å²) in [4.78, 5) is 24.0. The van der Waals surface area contributed by atoms with Gasteiger partial charge in [-0.1, -0.05) is 22.0 Å². The van der Waals surface area contributed by atoms with Gasteiger partial charge in [-0.05, 0) is 50.8 Å². The molecule has 7 nitrogen and oxygen atoms in total. The van der Waals surface area contributed by atoms with Crippen molar-refractivity contribution in [3.05, 3.63) is 40.5 Å². The van der Waals surface area contributed by atoms with Crippen LogP contribution in [0.25, 0.3) is 0 Å². The molecule has 1 aromatic carbocycles. The van der Waals surface area contributed by atoms with E-state index >= 15 is 0 Å². The molecule has 2 aromatic rings. The van der Waals surface area contributed by atoms with Crippen LogP contribution < -0.4 is 15.5 Å². The molecule has 0 radical (unpaired) electrons. The molecule has 1 aliphatic rings. The molecule has 1 saturated carbocycles. The molecule has 1 aliphatic carbocycles. The van der Waals surface area contributed by atoms with Crippen LogP contribution >= 0.6 is 15.9 Å². The molecule has 30 heavy (non-hydrogen) atoms. The summed E-state index contributed by atoms with van der Waals surface area (Å²) in [7, 11) is 2.59. The number of amides is 1. The normalized spacial score (nSPS) is 19.7. The van der Waals surface area contributed by atoms with E-state index in [1.165, 1.54) is 0 Å². The van der Waals surface area contributed by atoms with Crippen LogP contribution in [0.3, 0.4) is 0 Å². The number of nitrogens with one attached hydrogen (secondary N) is 2. The molecule has 9 heteroatoms. The lowest BCUT2D eigenvalue weighted by Gasteiger charge is -2.30. The average Bonchev–Trinajstić information content (AvgIpc) is 2.70. The number of carbonyl (C=O) groups is 1. The van der Waals surface area contributed by atoms with Crippen LogP contribution in [-0.4, -0.2) is 52.0 Å². The van der Waals surface area contributed by atoms with Crippen molar-refractivity contribution < 1.29 is 9.00 Å². The Kier molecular flexibility index (Phi) is 7.82. The maximum atomic E-state index is 12.4. The van der Waals surface area contributed by atoms with Gasteiger partial charge < -0.3 is 15.5 Å². The fourth-order valence-corrected chi connectivity index (χ4v) is 5.13. The smallest absolute Gasteiger partial charge is 0.233 e. The molecule has 0 spiro atoms. The standard InChI is InChI=1S/C21H28BrN5O2S/c1-14-12-23-21(26-20(14)27(2)3)25-17-9-7-16(8-10-17)24-19(28)13-30(29)18-6-4-5-15(22)11-18/h4-6,11-12,16-17H,7-10,13H2,1-3H3,(H,24,28)(H,23,25,26). The number of carbonyl (C=O) groups excluding carboxylic acids is 1. The lowest BCUT2D eigenvalue weighted by molar-refractivity contribution is -0.119. The number of anilines is 2. The van der Waals surface area contributed by atoms with Gasteiger partial charge in [0, 0.05) is 47.3 Å². The van der Waals surface area contributed by atoms with E-state index in [9.17, 15) is 9.00 Å². The van der Waals surface area contributed by atoms with Crippen LogP contribution in [-0.2, 0) is 15.6 Å². The highest BCUT2D eigenvalue weighted by Gasteiger charge is 2.24. The number of aryl methyl sites for hydroxylation is 1. The molecule has 162 valence electrons. The third kappa shape index (κ3) is 6.25. The van der Waals surface area contributed by atoms with Gasteiger partial charge >= 0.3 is 0 Å². The molecule has 1 heterocycles. The van der Waals surface area contributed by atoms with Crippen molar-refractivity contribution in [1.82, 2.24) is 15.3 Å². The van der Waals surface area contributed by atoms with Crippen LogP contribution in [0.15, 0.2) is 39.8 Å². The molecule has 1 aromatic heterocycles. The van der Waals surface area contributed by atoms with Crippen LogP contribution in [0.1, 0.15) is 31.2 Å². The summed E-state index contributed by atoms with van der Waals surface area (Å²) in [6, 6.07) is 7.66. The fraction of sp³-hybridized carbons (Fsp3) is 0.476. The molecular formula is C21H28BrN5O2S. The van der Waals surface area contributed by atoms with Crippen molar-refractivity contribution in [3.8, 4) is 0 Å². The number of hydrogen-bond acceptors (Lipinski definition) is 6. The topological polar surface area (TPSA) is 87.2 Å². The first-order valence-corrected chi connectivity index (χ1v) is 12.1. The van der Waals surface area contributed by atoms with Crippen LogP contribution in [0.4, 0.5) is 11.8 Å². The highest BCUT2D eigenvalue weighted by molar-refractivity contribution is 9.10. The molecule has 2 N–H and O–H groups in total. The second-order valence-corrected chi connectivity index (χ2v) is 10.2. The molecule has 1 atom stereocenters. The number of hydrogen-bond donors (Lipinski definition) is 2. The van der Waals surface area contributed by atoms with E-state index in [-0.39, 0.29) is 23.7 Å². The fourth-order valence-electron chi connectivity index (χ4n) is 3.60. The van der Waals surface area contributed by atoms with Crippen molar-refractivity contribution in [2.45, 2.75) is 49.6 Å². The third-order valence-corrected chi connectivity index (χ3v) is 6.91.